The molecule has 1 aliphatic rings. The first-order valence-corrected chi connectivity index (χ1v) is 6.41. The summed E-state index contributed by atoms with van der Waals surface area (Å²) in [5.74, 6) is -1.29. The van der Waals surface area contributed by atoms with Gasteiger partial charge in [-0.15, -0.1) is 0 Å². The van der Waals surface area contributed by atoms with Crippen molar-refractivity contribution in [1.82, 2.24) is 5.32 Å². The Morgan fingerprint density at radius 3 is 2.37 bits per heavy atom. The molecular formula is C15H17NO3. The number of benzene rings is 1. The Hall–Kier alpha value is -2.10. The molecule has 0 unspecified atom stereocenters. The second-order valence-corrected chi connectivity index (χ2v) is 4.83. The summed E-state index contributed by atoms with van der Waals surface area (Å²) in [6.45, 7) is 0. The Kier molecular flexibility index (Phi) is 4.00. The number of carbonyl (C=O) groups excluding carboxylic acids is 1. The lowest BCUT2D eigenvalue weighted by molar-refractivity contribution is -0.146. The van der Waals surface area contributed by atoms with E-state index < -0.39 is 11.5 Å². The van der Waals surface area contributed by atoms with E-state index in [1.54, 1.807) is 6.08 Å². The zero-order valence-electron chi connectivity index (χ0n) is 10.6. The Morgan fingerprint density at radius 1 is 1.16 bits per heavy atom. The van der Waals surface area contributed by atoms with E-state index in [4.69, 9.17) is 0 Å². The van der Waals surface area contributed by atoms with Crippen LogP contribution in [0.3, 0.4) is 0 Å². The maximum absolute atomic E-state index is 11.8. The summed E-state index contributed by atoms with van der Waals surface area (Å²) in [5, 5.41) is 11.9. The van der Waals surface area contributed by atoms with Gasteiger partial charge in [-0.2, -0.15) is 0 Å². The smallest absolute Gasteiger partial charge is 0.329 e. The van der Waals surface area contributed by atoms with Crippen LogP contribution in [0.15, 0.2) is 36.4 Å². The van der Waals surface area contributed by atoms with Gasteiger partial charge >= 0.3 is 5.97 Å². The van der Waals surface area contributed by atoms with Gasteiger partial charge in [0.15, 0.2) is 0 Å². The molecule has 100 valence electrons. The molecule has 4 heteroatoms. The number of amides is 1. The third kappa shape index (κ3) is 3.22. The quantitative estimate of drug-likeness (QED) is 0.815. The van der Waals surface area contributed by atoms with Crippen LogP contribution in [0.2, 0.25) is 0 Å². The molecule has 1 saturated carbocycles. The minimum atomic E-state index is -1.07. The number of carboxylic acids is 1. The average molecular weight is 259 g/mol. The maximum Gasteiger partial charge on any atom is 0.329 e. The Balaban J connectivity index is 2.01. The monoisotopic (exact) mass is 259 g/mol. The van der Waals surface area contributed by atoms with Crippen molar-refractivity contribution >= 4 is 18.0 Å². The number of hydrogen-bond donors (Lipinski definition) is 2. The number of rotatable bonds is 4. The highest BCUT2D eigenvalue weighted by Gasteiger charge is 2.42. The maximum atomic E-state index is 11.8. The van der Waals surface area contributed by atoms with Gasteiger partial charge in [0.25, 0.3) is 0 Å². The molecule has 2 rings (SSSR count). The number of aliphatic carboxylic acids is 1. The van der Waals surface area contributed by atoms with E-state index in [9.17, 15) is 14.7 Å². The second-order valence-electron chi connectivity index (χ2n) is 4.83. The van der Waals surface area contributed by atoms with E-state index in [-0.39, 0.29) is 5.91 Å². The van der Waals surface area contributed by atoms with Crippen molar-refractivity contribution in [1.29, 1.82) is 0 Å². The summed E-state index contributed by atoms with van der Waals surface area (Å²) in [4.78, 5) is 23.1. The number of carbonyl (C=O) groups is 2. The number of hydrogen-bond acceptors (Lipinski definition) is 2. The standard InChI is InChI=1S/C15H17NO3/c17-13(9-8-12-6-2-1-3-7-12)16-15(14(18)19)10-4-5-11-15/h1-3,6-9H,4-5,10-11H2,(H,16,17)(H,18,19)/b9-8+. The molecule has 1 aromatic carbocycles. The highest BCUT2D eigenvalue weighted by molar-refractivity contribution is 5.95. The zero-order chi connectivity index (χ0) is 13.7. The lowest BCUT2D eigenvalue weighted by Crippen LogP contribution is -2.52. The molecular weight excluding hydrogens is 242 g/mol. The third-order valence-electron chi connectivity index (χ3n) is 3.46. The molecule has 1 aromatic rings. The van der Waals surface area contributed by atoms with E-state index >= 15 is 0 Å². The number of nitrogens with one attached hydrogen (secondary N) is 1. The van der Waals surface area contributed by atoms with Crippen molar-refractivity contribution in [3.8, 4) is 0 Å². The molecule has 1 amide bonds. The zero-order valence-corrected chi connectivity index (χ0v) is 10.6. The molecule has 0 atom stereocenters. The third-order valence-corrected chi connectivity index (χ3v) is 3.46. The Labute approximate surface area is 112 Å². The Morgan fingerprint density at radius 2 is 1.79 bits per heavy atom. The lowest BCUT2D eigenvalue weighted by Gasteiger charge is -2.24. The summed E-state index contributed by atoms with van der Waals surface area (Å²) in [5.41, 5.74) is -0.161. The molecule has 19 heavy (non-hydrogen) atoms. The van der Waals surface area contributed by atoms with Crippen molar-refractivity contribution in [3.63, 3.8) is 0 Å². The van der Waals surface area contributed by atoms with Gasteiger partial charge in [-0.3, -0.25) is 4.79 Å². The fourth-order valence-corrected chi connectivity index (χ4v) is 2.38. The Bertz CT molecular complexity index is 487. The fourth-order valence-electron chi connectivity index (χ4n) is 2.38. The first-order chi connectivity index (χ1) is 9.12. The fraction of sp³-hybridized carbons (Fsp3) is 0.333. The highest BCUT2D eigenvalue weighted by atomic mass is 16.4. The van der Waals surface area contributed by atoms with E-state index in [1.165, 1.54) is 6.08 Å². The van der Waals surface area contributed by atoms with E-state index in [0.717, 1.165) is 18.4 Å². The van der Waals surface area contributed by atoms with Gasteiger partial charge in [-0.05, 0) is 24.5 Å². The van der Waals surface area contributed by atoms with Crippen LogP contribution in [0.25, 0.3) is 6.08 Å². The van der Waals surface area contributed by atoms with Gasteiger partial charge < -0.3 is 10.4 Å². The van der Waals surface area contributed by atoms with E-state index in [2.05, 4.69) is 5.32 Å². The summed E-state index contributed by atoms with van der Waals surface area (Å²) in [6, 6.07) is 9.43. The van der Waals surface area contributed by atoms with Gasteiger partial charge in [0.1, 0.15) is 5.54 Å². The van der Waals surface area contributed by atoms with Gasteiger partial charge in [0.05, 0.1) is 0 Å². The van der Waals surface area contributed by atoms with Crippen LogP contribution in [0, 0.1) is 0 Å². The molecule has 0 heterocycles. The minimum Gasteiger partial charge on any atom is -0.480 e. The van der Waals surface area contributed by atoms with Crippen molar-refractivity contribution in [2.75, 3.05) is 0 Å². The molecule has 0 saturated heterocycles. The van der Waals surface area contributed by atoms with Crippen LogP contribution in [-0.2, 0) is 9.59 Å². The molecule has 1 aliphatic carbocycles. The SMILES string of the molecule is O=C(/C=C/c1ccccc1)NC1(C(=O)O)CCCC1. The molecule has 4 nitrogen and oxygen atoms in total. The molecule has 2 N–H and O–H groups in total. The topological polar surface area (TPSA) is 66.4 Å². The summed E-state index contributed by atoms with van der Waals surface area (Å²) < 4.78 is 0. The molecule has 0 aliphatic heterocycles. The van der Waals surface area contributed by atoms with Crippen LogP contribution in [0.1, 0.15) is 31.2 Å². The van der Waals surface area contributed by atoms with Gasteiger partial charge in [-0.25, -0.2) is 4.79 Å². The van der Waals surface area contributed by atoms with Crippen molar-refractivity contribution in [3.05, 3.63) is 42.0 Å². The predicted octanol–water partition coefficient (Wildman–Crippen LogP) is 2.21. The van der Waals surface area contributed by atoms with Crippen molar-refractivity contribution in [2.45, 2.75) is 31.2 Å². The van der Waals surface area contributed by atoms with Crippen molar-refractivity contribution < 1.29 is 14.7 Å². The van der Waals surface area contributed by atoms with E-state index in [1.807, 2.05) is 30.3 Å². The molecule has 0 bridgehead atoms. The average Bonchev–Trinajstić information content (AvgIpc) is 2.87. The molecule has 0 radical (unpaired) electrons. The van der Waals surface area contributed by atoms with Gasteiger partial charge in [0, 0.05) is 6.08 Å². The second kappa shape index (κ2) is 5.69. The summed E-state index contributed by atoms with van der Waals surface area (Å²) >= 11 is 0. The largest absolute Gasteiger partial charge is 0.480 e. The van der Waals surface area contributed by atoms with Crippen molar-refractivity contribution in [2.24, 2.45) is 0 Å². The highest BCUT2D eigenvalue weighted by Crippen LogP contribution is 2.29. The molecule has 0 spiro atoms. The minimum absolute atomic E-state index is 0.354. The van der Waals surface area contributed by atoms with Crippen LogP contribution in [-0.4, -0.2) is 22.5 Å². The van der Waals surface area contributed by atoms with E-state index in [0.29, 0.717) is 12.8 Å². The van der Waals surface area contributed by atoms with Gasteiger partial charge in [-0.1, -0.05) is 43.2 Å². The first kappa shape index (κ1) is 13.3. The molecule has 0 aromatic heterocycles. The predicted molar refractivity (Wildman–Crippen MR) is 72.5 cm³/mol. The molecule has 1 fully saturated rings. The summed E-state index contributed by atoms with van der Waals surface area (Å²) in [6.07, 6.45) is 5.77. The van der Waals surface area contributed by atoms with Crippen LogP contribution >= 0.6 is 0 Å². The normalized spacial score (nSPS) is 17.5. The van der Waals surface area contributed by atoms with Crippen LogP contribution in [0.4, 0.5) is 0 Å². The van der Waals surface area contributed by atoms with Crippen LogP contribution < -0.4 is 5.32 Å². The lowest BCUT2D eigenvalue weighted by atomic mass is 9.98. The first-order valence-electron chi connectivity index (χ1n) is 6.41. The summed E-state index contributed by atoms with van der Waals surface area (Å²) in [7, 11) is 0. The van der Waals surface area contributed by atoms with Gasteiger partial charge in [0.2, 0.25) is 5.91 Å². The number of carboxylic acid groups (broad SMARTS) is 1. The van der Waals surface area contributed by atoms with Crippen LogP contribution in [0.5, 0.6) is 0 Å².